The SMILES string of the molecule is N#Cc1ccc(Nc2cccc(F)c2I)c(Cl)c1. The molecule has 2 aromatic rings. The van der Waals surface area contributed by atoms with Crippen LogP contribution in [0, 0.1) is 20.7 Å². The summed E-state index contributed by atoms with van der Waals surface area (Å²) in [4.78, 5) is 0. The number of nitrogens with zero attached hydrogens (tertiary/aromatic N) is 1. The van der Waals surface area contributed by atoms with Gasteiger partial charge in [-0.2, -0.15) is 5.26 Å². The lowest BCUT2D eigenvalue weighted by Crippen LogP contribution is -1.96. The molecule has 90 valence electrons. The van der Waals surface area contributed by atoms with E-state index >= 15 is 0 Å². The number of halogens is 3. The van der Waals surface area contributed by atoms with E-state index in [1.807, 2.05) is 28.7 Å². The highest BCUT2D eigenvalue weighted by atomic mass is 127. The predicted octanol–water partition coefficient (Wildman–Crippen LogP) is 4.70. The van der Waals surface area contributed by atoms with Crippen LogP contribution in [0.2, 0.25) is 5.02 Å². The Kier molecular flexibility index (Phi) is 4.04. The Bertz CT molecular complexity index is 637. The van der Waals surface area contributed by atoms with E-state index in [1.54, 1.807) is 30.3 Å². The molecule has 0 spiro atoms. The van der Waals surface area contributed by atoms with E-state index in [1.165, 1.54) is 6.07 Å². The number of benzene rings is 2. The summed E-state index contributed by atoms with van der Waals surface area (Å²) in [7, 11) is 0. The average Bonchev–Trinajstić information content (AvgIpc) is 2.37. The smallest absolute Gasteiger partial charge is 0.138 e. The first-order valence-electron chi connectivity index (χ1n) is 5.02. The van der Waals surface area contributed by atoms with Crippen LogP contribution in [0.15, 0.2) is 36.4 Å². The van der Waals surface area contributed by atoms with Gasteiger partial charge in [-0.05, 0) is 52.9 Å². The maximum absolute atomic E-state index is 13.4. The third-order valence-corrected chi connectivity index (χ3v) is 3.73. The van der Waals surface area contributed by atoms with Gasteiger partial charge in [0, 0.05) is 0 Å². The van der Waals surface area contributed by atoms with E-state index in [4.69, 9.17) is 16.9 Å². The van der Waals surface area contributed by atoms with Crippen LogP contribution >= 0.6 is 34.2 Å². The molecule has 0 fully saturated rings. The second-order valence-corrected chi connectivity index (χ2v) is 5.02. The third-order valence-electron chi connectivity index (χ3n) is 2.32. The van der Waals surface area contributed by atoms with Crippen LogP contribution in [0.5, 0.6) is 0 Å². The van der Waals surface area contributed by atoms with Crippen molar-refractivity contribution in [1.29, 1.82) is 5.26 Å². The first-order valence-corrected chi connectivity index (χ1v) is 6.48. The third kappa shape index (κ3) is 2.74. The molecule has 2 rings (SSSR count). The van der Waals surface area contributed by atoms with Crippen LogP contribution in [0.4, 0.5) is 15.8 Å². The van der Waals surface area contributed by atoms with Crippen molar-refractivity contribution in [3.63, 3.8) is 0 Å². The van der Waals surface area contributed by atoms with E-state index in [-0.39, 0.29) is 5.82 Å². The Labute approximate surface area is 123 Å². The van der Waals surface area contributed by atoms with Crippen molar-refractivity contribution in [3.8, 4) is 6.07 Å². The van der Waals surface area contributed by atoms with E-state index in [0.717, 1.165) is 0 Å². The summed E-state index contributed by atoms with van der Waals surface area (Å²) in [5.74, 6) is -0.287. The van der Waals surface area contributed by atoms with Crippen molar-refractivity contribution < 1.29 is 4.39 Å². The molecule has 0 saturated carbocycles. The summed E-state index contributed by atoms with van der Waals surface area (Å²) in [6.07, 6.45) is 0. The Hall–Kier alpha value is -1.32. The molecule has 0 radical (unpaired) electrons. The number of rotatable bonds is 2. The second-order valence-electron chi connectivity index (χ2n) is 3.53. The lowest BCUT2D eigenvalue weighted by atomic mass is 10.2. The molecular weight excluding hydrogens is 366 g/mol. The van der Waals surface area contributed by atoms with Gasteiger partial charge in [-0.15, -0.1) is 0 Å². The highest BCUT2D eigenvalue weighted by Gasteiger charge is 2.07. The Morgan fingerprint density at radius 3 is 2.67 bits per heavy atom. The number of hydrogen-bond donors (Lipinski definition) is 1. The van der Waals surface area contributed by atoms with Gasteiger partial charge in [-0.1, -0.05) is 17.7 Å². The first kappa shape index (κ1) is 13.1. The van der Waals surface area contributed by atoms with Gasteiger partial charge in [0.05, 0.1) is 31.6 Å². The molecule has 0 aliphatic carbocycles. The number of hydrogen-bond acceptors (Lipinski definition) is 2. The molecule has 0 aromatic heterocycles. The molecule has 0 aliphatic heterocycles. The standard InChI is InChI=1S/C13H7ClFIN2/c14-9-6-8(7-17)4-5-11(9)18-12-3-1-2-10(15)13(12)16/h1-6,18H. The summed E-state index contributed by atoms with van der Waals surface area (Å²) in [5.41, 5.74) is 1.76. The summed E-state index contributed by atoms with van der Waals surface area (Å²) in [6.45, 7) is 0. The highest BCUT2D eigenvalue weighted by molar-refractivity contribution is 14.1. The fourth-order valence-electron chi connectivity index (χ4n) is 1.43. The fraction of sp³-hybridized carbons (Fsp3) is 0. The van der Waals surface area contributed by atoms with Crippen molar-refractivity contribution >= 4 is 45.6 Å². The zero-order chi connectivity index (χ0) is 13.1. The lowest BCUT2D eigenvalue weighted by Gasteiger charge is -2.10. The van der Waals surface area contributed by atoms with Crippen LogP contribution < -0.4 is 5.32 Å². The molecular formula is C13H7ClFIN2. The molecule has 0 aliphatic rings. The summed E-state index contributed by atoms with van der Waals surface area (Å²) in [5, 5.41) is 12.2. The molecule has 0 amide bonds. The molecule has 1 N–H and O–H groups in total. The minimum atomic E-state index is -0.287. The highest BCUT2D eigenvalue weighted by Crippen LogP contribution is 2.29. The summed E-state index contributed by atoms with van der Waals surface area (Å²) < 4.78 is 13.9. The number of nitriles is 1. The monoisotopic (exact) mass is 372 g/mol. The normalized spacial score (nSPS) is 9.89. The van der Waals surface area contributed by atoms with Crippen molar-refractivity contribution in [1.82, 2.24) is 0 Å². The van der Waals surface area contributed by atoms with Crippen LogP contribution in [0.3, 0.4) is 0 Å². The van der Waals surface area contributed by atoms with Crippen LogP contribution in [0.25, 0.3) is 0 Å². The first-order chi connectivity index (χ1) is 8.61. The molecule has 0 unspecified atom stereocenters. The topological polar surface area (TPSA) is 35.8 Å². The molecule has 0 heterocycles. The van der Waals surface area contributed by atoms with Crippen molar-refractivity contribution in [2.24, 2.45) is 0 Å². The van der Waals surface area contributed by atoms with Crippen LogP contribution in [-0.2, 0) is 0 Å². The zero-order valence-electron chi connectivity index (χ0n) is 9.05. The summed E-state index contributed by atoms with van der Waals surface area (Å²) >= 11 is 7.96. The van der Waals surface area contributed by atoms with Gasteiger partial charge in [0.25, 0.3) is 0 Å². The number of nitrogens with one attached hydrogen (secondary N) is 1. The van der Waals surface area contributed by atoms with Gasteiger partial charge in [-0.25, -0.2) is 4.39 Å². The van der Waals surface area contributed by atoms with E-state index in [2.05, 4.69) is 5.32 Å². The van der Waals surface area contributed by atoms with E-state index < -0.39 is 0 Å². The molecule has 18 heavy (non-hydrogen) atoms. The fourth-order valence-corrected chi connectivity index (χ4v) is 2.15. The second kappa shape index (κ2) is 5.55. The van der Waals surface area contributed by atoms with Gasteiger partial charge < -0.3 is 5.32 Å². The van der Waals surface area contributed by atoms with Gasteiger partial charge in [0.2, 0.25) is 0 Å². The van der Waals surface area contributed by atoms with Gasteiger partial charge in [-0.3, -0.25) is 0 Å². The maximum Gasteiger partial charge on any atom is 0.138 e. The Balaban J connectivity index is 2.35. The molecule has 2 aromatic carbocycles. The van der Waals surface area contributed by atoms with Crippen LogP contribution in [0.1, 0.15) is 5.56 Å². The van der Waals surface area contributed by atoms with E-state index in [9.17, 15) is 4.39 Å². The average molecular weight is 373 g/mol. The lowest BCUT2D eigenvalue weighted by molar-refractivity contribution is 0.621. The molecule has 2 nitrogen and oxygen atoms in total. The van der Waals surface area contributed by atoms with Crippen LogP contribution in [-0.4, -0.2) is 0 Å². The largest absolute Gasteiger partial charge is 0.353 e. The maximum atomic E-state index is 13.4. The van der Waals surface area contributed by atoms with Crippen molar-refractivity contribution in [3.05, 3.63) is 56.4 Å². The zero-order valence-corrected chi connectivity index (χ0v) is 12.0. The molecule has 0 saturated heterocycles. The van der Waals surface area contributed by atoms with Gasteiger partial charge in [0.15, 0.2) is 0 Å². The predicted molar refractivity (Wildman–Crippen MR) is 78.6 cm³/mol. The van der Waals surface area contributed by atoms with Crippen molar-refractivity contribution in [2.45, 2.75) is 0 Å². The van der Waals surface area contributed by atoms with E-state index in [0.29, 0.717) is 25.5 Å². The molecule has 5 heteroatoms. The minimum absolute atomic E-state index is 0.287. The quantitative estimate of drug-likeness (QED) is 0.776. The Morgan fingerprint density at radius 2 is 2.00 bits per heavy atom. The van der Waals surface area contributed by atoms with Gasteiger partial charge in [0.1, 0.15) is 5.82 Å². The molecule has 0 bridgehead atoms. The minimum Gasteiger partial charge on any atom is -0.353 e. The Morgan fingerprint density at radius 1 is 1.22 bits per heavy atom. The molecule has 0 atom stereocenters. The van der Waals surface area contributed by atoms with Gasteiger partial charge >= 0.3 is 0 Å². The van der Waals surface area contributed by atoms with Crippen molar-refractivity contribution in [2.75, 3.05) is 5.32 Å². The summed E-state index contributed by atoms with van der Waals surface area (Å²) in [6, 6.07) is 11.7. The number of anilines is 2.